The number of amides is 1. The third-order valence-corrected chi connectivity index (χ3v) is 4.22. The molecule has 0 radical (unpaired) electrons. The zero-order valence-electron chi connectivity index (χ0n) is 12.0. The zero-order valence-corrected chi connectivity index (χ0v) is 12.0. The third-order valence-electron chi connectivity index (χ3n) is 4.22. The van der Waals surface area contributed by atoms with E-state index in [0.717, 1.165) is 18.2 Å². The van der Waals surface area contributed by atoms with Crippen LogP contribution in [-0.2, 0) is 16.0 Å². The molecule has 21 heavy (non-hydrogen) atoms. The first-order valence-corrected chi connectivity index (χ1v) is 7.26. The van der Waals surface area contributed by atoms with Gasteiger partial charge in [0.05, 0.1) is 6.42 Å². The van der Waals surface area contributed by atoms with Gasteiger partial charge in [-0.05, 0) is 25.0 Å². The van der Waals surface area contributed by atoms with E-state index < -0.39 is 0 Å². The third kappa shape index (κ3) is 2.82. The molecule has 1 amide bonds. The Bertz CT molecular complexity index is 667. The van der Waals surface area contributed by atoms with E-state index >= 15 is 0 Å². The summed E-state index contributed by atoms with van der Waals surface area (Å²) < 4.78 is 5.22. The van der Waals surface area contributed by atoms with Gasteiger partial charge >= 0.3 is 0 Å². The van der Waals surface area contributed by atoms with Crippen molar-refractivity contribution < 1.29 is 14.1 Å². The molecule has 1 aliphatic carbocycles. The first-order chi connectivity index (χ1) is 10.1. The summed E-state index contributed by atoms with van der Waals surface area (Å²) in [4.78, 5) is 25.4. The molecule has 2 aromatic rings. The van der Waals surface area contributed by atoms with Gasteiger partial charge in [0.2, 0.25) is 5.91 Å². The number of aromatic nitrogens is 1. The molecule has 1 aromatic carbocycles. The van der Waals surface area contributed by atoms with E-state index in [1.807, 2.05) is 31.3 Å². The van der Waals surface area contributed by atoms with Crippen LogP contribution in [0.2, 0.25) is 0 Å². The first-order valence-electron chi connectivity index (χ1n) is 7.26. The summed E-state index contributed by atoms with van der Waals surface area (Å²) in [5.41, 5.74) is 1.38. The van der Waals surface area contributed by atoms with Gasteiger partial charge in [-0.3, -0.25) is 9.59 Å². The van der Waals surface area contributed by atoms with Gasteiger partial charge in [0.15, 0.2) is 5.58 Å². The molecule has 0 spiro atoms. The fraction of sp³-hybridized carbons (Fsp3) is 0.438. The van der Waals surface area contributed by atoms with Gasteiger partial charge in [-0.25, -0.2) is 0 Å². The SMILES string of the molecule is CN(C(=O)Cc1noc2ccccc12)C1CCC(=O)CC1. The Morgan fingerprint density at radius 3 is 2.81 bits per heavy atom. The first kappa shape index (κ1) is 13.8. The number of ketones is 1. The van der Waals surface area contributed by atoms with E-state index in [4.69, 9.17) is 4.52 Å². The second kappa shape index (κ2) is 5.68. The predicted octanol–water partition coefficient (Wildman–Crippen LogP) is 2.34. The Labute approximate surface area is 122 Å². The van der Waals surface area contributed by atoms with Crippen LogP contribution in [0.4, 0.5) is 0 Å². The van der Waals surface area contributed by atoms with E-state index in [-0.39, 0.29) is 18.4 Å². The Balaban J connectivity index is 1.69. The fourth-order valence-electron chi connectivity index (χ4n) is 2.85. The van der Waals surface area contributed by atoms with Crippen LogP contribution >= 0.6 is 0 Å². The van der Waals surface area contributed by atoms with E-state index in [1.54, 1.807) is 4.90 Å². The Kier molecular flexibility index (Phi) is 3.73. The number of carbonyl (C=O) groups is 2. The minimum absolute atomic E-state index is 0.0217. The lowest BCUT2D eigenvalue weighted by Crippen LogP contribution is -2.40. The van der Waals surface area contributed by atoms with Gasteiger partial charge in [-0.2, -0.15) is 0 Å². The van der Waals surface area contributed by atoms with E-state index in [0.29, 0.717) is 29.9 Å². The molecule has 1 heterocycles. The van der Waals surface area contributed by atoms with Gasteiger partial charge in [-0.15, -0.1) is 0 Å². The summed E-state index contributed by atoms with van der Waals surface area (Å²) in [5, 5.41) is 4.89. The van der Waals surface area contributed by atoms with Crippen LogP contribution in [0.25, 0.3) is 11.0 Å². The summed E-state index contributed by atoms with van der Waals surface area (Å²) in [7, 11) is 1.81. The highest BCUT2D eigenvalue weighted by atomic mass is 16.5. The van der Waals surface area contributed by atoms with E-state index in [1.165, 1.54) is 0 Å². The summed E-state index contributed by atoms with van der Waals surface area (Å²) in [6.07, 6.45) is 2.92. The Hall–Kier alpha value is -2.17. The second-order valence-corrected chi connectivity index (χ2v) is 5.58. The highest BCUT2D eigenvalue weighted by molar-refractivity contribution is 5.86. The van der Waals surface area contributed by atoms with Crippen molar-refractivity contribution in [3.05, 3.63) is 30.0 Å². The normalized spacial score (nSPS) is 16.3. The van der Waals surface area contributed by atoms with Crippen molar-refractivity contribution in [2.45, 2.75) is 38.1 Å². The van der Waals surface area contributed by atoms with Crippen molar-refractivity contribution in [1.29, 1.82) is 0 Å². The smallest absolute Gasteiger partial charge is 0.228 e. The maximum atomic E-state index is 12.4. The van der Waals surface area contributed by atoms with Crippen LogP contribution < -0.4 is 0 Å². The van der Waals surface area contributed by atoms with Crippen LogP contribution in [0.5, 0.6) is 0 Å². The van der Waals surface area contributed by atoms with Gasteiger partial charge in [0.1, 0.15) is 11.5 Å². The Morgan fingerprint density at radius 2 is 2.05 bits per heavy atom. The molecule has 0 bridgehead atoms. The molecular formula is C16H18N2O3. The molecule has 0 unspecified atom stereocenters. The highest BCUT2D eigenvalue weighted by Crippen LogP contribution is 2.22. The quantitative estimate of drug-likeness (QED) is 0.868. The number of hydrogen-bond acceptors (Lipinski definition) is 4. The van der Waals surface area contributed by atoms with E-state index in [2.05, 4.69) is 5.16 Å². The van der Waals surface area contributed by atoms with Gasteiger partial charge in [0.25, 0.3) is 0 Å². The van der Waals surface area contributed by atoms with Crippen molar-refractivity contribution in [1.82, 2.24) is 10.1 Å². The topological polar surface area (TPSA) is 63.4 Å². The van der Waals surface area contributed by atoms with Crippen molar-refractivity contribution >= 4 is 22.7 Å². The zero-order chi connectivity index (χ0) is 14.8. The molecule has 0 aliphatic heterocycles. The number of para-hydroxylation sites is 1. The minimum Gasteiger partial charge on any atom is -0.356 e. The van der Waals surface area contributed by atoms with Gasteiger partial charge in [0, 0.05) is 31.3 Å². The highest BCUT2D eigenvalue weighted by Gasteiger charge is 2.26. The minimum atomic E-state index is 0.0217. The molecule has 1 saturated carbocycles. The molecule has 0 atom stereocenters. The molecule has 0 saturated heterocycles. The monoisotopic (exact) mass is 286 g/mol. The van der Waals surface area contributed by atoms with Crippen molar-refractivity contribution in [3.8, 4) is 0 Å². The van der Waals surface area contributed by atoms with Gasteiger partial charge in [-0.1, -0.05) is 17.3 Å². The standard InChI is InChI=1S/C16H18N2O3/c1-18(11-6-8-12(19)9-7-11)16(20)10-14-13-4-2-3-5-15(13)21-17-14/h2-5,11H,6-10H2,1H3. The number of rotatable bonds is 3. The fourth-order valence-corrected chi connectivity index (χ4v) is 2.85. The number of nitrogens with zero attached hydrogens (tertiary/aromatic N) is 2. The lowest BCUT2D eigenvalue weighted by atomic mass is 9.93. The molecule has 0 N–H and O–H groups in total. The average Bonchev–Trinajstić information content (AvgIpc) is 2.91. The Morgan fingerprint density at radius 1 is 1.33 bits per heavy atom. The van der Waals surface area contributed by atoms with Gasteiger partial charge < -0.3 is 9.42 Å². The van der Waals surface area contributed by atoms with Crippen LogP contribution in [0.1, 0.15) is 31.4 Å². The van der Waals surface area contributed by atoms with Crippen LogP contribution in [0, 0.1) is 0 Å². The predicted molar refractivity (Wildman–Crippen MR) is 77.7 cm³/mol. The largest absolute Gasteiger partial charge is 0.356 e. The number of carbonyl (C=O) groups excluding carboxylic acids is 2. The van der Waals surface area contributed by atoms with Crippen LogP contribution in [0.3, 0.4) is 0 Å². The second-order valence-electron chi connectivity index (χ2n) is 5.58. The molecule has 110 valence electrons. The molecule has 3 rings (SSSR count). The molecule has 5 heteroatoms. The number of likely N-dealkylation sites (N-methyl/N-ethyl adjacent to an activating group) is 1. The maximum absolute atomic E-state index is 12.4. The average molecular weight is 286 g/mol. The summed E-state index contributed by atoms with van der Waals surface area (Å²) in [6, 6.07) is 7.70. The van der Waals surface area contributed by atoms with Crippen molar-refractivity contribution in [3.63, 3.8) is 0 Å². The summed E-state index contributed by atoms with van der Waals surface area (Å²) in [5.74, 6) is 0.322. The molecular weight excluding hydrogens is 268 g/mol. The molecule has 5 nitrogen and oxygen atoms in total. The molecule has 1 aromatic heterocycles. The van der Waals surface area contributed by atoms with Crippen LogP contribution in [0.15, 0.2) is 28.8 Å². The number of Topliss-reactive ketones (excluding diaryl/α,β-unsaturated/α-hetero) is 1. The number of benzene rings is 1. The maximum Gasteiger partial charge on any atom is 0.228 e. The van der Waals surface area contributed by atoms with Crippen molar-refractivity contribution in [2.24, 2.45) is 0 Å². The molecule has 1 aliphatic rings. The van der Waals surface area contributed by atoms with E-state index in [9.17, 15) is 9.59 Å². The van der Waals surface area contributed by atoms with Crippen LogP contribution in [-0.4, -0.2) is 34.8 Å². The summed E-state index contributed by atoms with van der Waals surface area (Å²) in [6.45, 7) is 0. The number of fused-ring (bicyclic) bond motifs is 1. The lowest BCUT2D eigenvalue weighted by molar-refractivity contribution is -0.133. The molecule has 1 fully saturated rings. The lowest BCUT2D eigenvalue weighted by Gasteiger charge is -2.30. The number of hydrogen-bond donors (Lipinski definition) is 0. The summed E-state index contributed by atoms with van der Waals surface area (Å²) >= 11 is 0. The van der Waals surface area contributed by atoms with Crippen molar-refractivity contribution in [2.75, 3.05) is 7.05 Å².